The van der Waals surface area contributed by atoms with Crippen molar-refractivity contribution in [3.8, 4) is 0 Å². The van der Waals surface area contributed by atoms with Gasteiger partial charge in [0.15, 0.2) is 5.82 Å². The van der Waals surface area contributed by atoms with E-state index in [9.17, 15) is 5.11 Å². The summed E-state index contributed by atoms with van der Waals surface area (Å²) in [6.07, 6.45) is 1.12. The minimum atomic E-state index is -0.549. The maximum Gasteiger partial charge on any atom is 0.153 e. The monoisotopic (exact) mass is 425 g/mol. The van der Waals surface area contributed by atoms with Crippen LogP contribution < -0.4 is 4.90 Å². The molecule has 0 radical (unpaired) electrons. The van der Waals surface area contributed by atoms with E-state index >= 15 is 0 Å². The summed E-state index contributed by atoms with van der Waals surface area (Å²) in [5.41, 5.74) is 8.54. The minimum Gasteiger partial charge on any atom is -0.387 e. The molecule has 2 aromatic carbocycles. The van der Waals surface area contributed by atoms with Crippen LogP contribution in [0, 0.1) is 13.8 Å². The minimum absolute atomic E-state index is 0.549. The SMILES string of the molecule is CCC(O)c1cc2c(C)c(C)n(Cc3ccccc3)c2c(N2CCc3ccccc3C2)n1. The van der Waals surface area contributed by atoms with E-state index in [0.717, 1.165) is 37.6 Å². The molecule has 164 valence electrons. The predicted molar refractivity (Wildman–Crippen MR) is 131 cm³/mol. The molecule has 0 saturated heterocycles. The van der Waals surface area contributed by atoms with Crippen molar-refractivity contribution in [2.75, 3.05) is 11.4 Å². The van der Waals surface area contributed by atoms with Crippen LogP contribution in [-0.4, -0.2) is 21.2 Å². The van der Waals surface area contributed by atoms with Gasteiger partial charge in [-0.15, -0.1) is 0 Å². The molecule has 0 aliphatic carbocycles. The second-order valence-corrected chi connectivity index (χ2v) is 8.91. The maximum atomic E-state index is 10.7. The first-order chi connectivity index (χ1) is 15.6. The van der Waals surface area contributed by atoms with Gasteiger partial charge in [0.05, 0.1) is 17.3 Å². The summed E-state index contributed by atoms with van der Waals surface area (Å²) < 4.78 is 2.41. The Kier molecular flexibility index (Phi) is 5.48. The second-order valence-electron chi connectivity index (χ2n) is 8.91. The van der Waals surface area contributed by atoms with Crippen LogP contribution in [0.1, 0.15) is 53.1 Å². The Morgan fingerprint density at radius 1 is 1.00 bits per heavy atom. The lowest BCUT2D eigenvalue weighted by Crippen LogP contribution is -2.31. The van der Waals surface area contributed by atoms with Crippen molar-refractivity contribution in [1.29, 1.82) is 0 Å². The molecule has 4 aromatic rings. The summed E-state index contributed by atoms with van der Waals surface area (Å²) >= 11 is 0. The molecule has 1 atom stereocenters. The fourth-order valence-electron chi connectivity index (χ4n) is 4.90. The highest BCUT2D eigenvalue weighted by molar-refractivity contribution is 5.94. The first-order valence-corrected chi connectivity index (χ1v) is 11.6. The molecule has 5 rings (SSSR count). The molecule has 3 heterocycles. The van der Waals surface area contributed by atoms with Crippen LogP contribution >= 0.6 is 0 Å². The van der Waals surface area contributed by atoms with Crippen molar-refractivity contribution in [2.24, 2.45) is 0 Å². The Labute approximate surface area is 190 Å². The van der Waals surface area contributed by atoms with Gasteiger partial charge in [0.2, 0.25) is 0 Å². The lowest BCUT2D eigenvalue weighted by Gasteiger charge is -2.31. The van der Waals surface area contributed by atoms with Crippen molar-refractivity contribution in [2.45, 2.75) is 52.8 Å². The number of aliphatic hydroxyl groups excluding tert-OH is 1. The molecule has 0 fully saturated rings. The number of aromatic nitrogens is 2. The van der Waals surface area contributed by atoms with E-state index in [1.54, 1.807) is 0 Å². The van der Waals surface area contributed by atoms with Gasteiger partial charge in [0.1, 0.15) is 0 Å². The molecule has 1 unspecified atom stereocenters. The number of hydrogen-bond donors (Lipinski definition) is 1. The summed E-state index contributed by atoms with van der Waals surface area (Å²) in [4.78, 5) is 7.48. The van der Waals surface area contributed by atoms with Crippen LogP contribution in [0.15, 0.2) is 60.7 Å². The highest BCUT2D eigenvalue weighted by Crippen LogP contribution is 2.36. The van der Waals surface area contributed by atoms with Crippen LogP contribution in [0.2, 0.25) is 0 Å². The van der Waals surface area contributed by atoms with E-state index in [1.807, 2.05) is 6.92 Å². The van der Waals surface area contributed by atoms with Crippen LogP contribution in [0.4, 0.5) is 5.82 Å². The number of rotatable bonds is 5. The number of aryl methyl sites for hydroxylation is 1. The zero-order valence-electron chi connectivity index (χ0n) is 19.2. The highest BCUT2D eigenvalue weighted by atomic mass is 16.3. The maximum absolute atomic E-state index is 10.7. The van der Waals surface area contributed by atoms with Gasteiger partial charge in [-0.1, -0.05) is 61.5 Å². The molecule has 0 spiro atoms. The molecule has 4 nitrogen and oxygen atoms in total. The van der Waals surface area contributed by atoms with Gasteiger partial charge in [0, 0.05) is 30.7 Å². The molecule has 1 aliphatic rings. The summed E-state index contributed by atoms with van der Waals surface area (Å²) in [6, 6.07) is 21.4. The first kappa shape index (κ1) is 20.8. The summed E-state index contributed by atoms with van der Waals surface area (Å²) in [6.45, 7) is 8.98. The smallest absolute Gasteiger partial charge is 0.153 e. The average Bonchev–Trinajstić information content (AvgIpc) is 3.08. The highest BCUT2D eigenvalue weighted by Gasteiger charge is 2.25. The second kappa shape index (κ2) is 8.44. The zero-order chi connectivity index (χ0) is 22.2. The number of pyridine rings is 1. The third-order valence-electron chi connectivity index (χ3n) is 6.96. The molecule has 4 heteroatoms. The summed E-state index contributed by atoms with van der Waals surface area (Å²) in [5.74, 6) is 0.992. The Balaban J connectivity index is 1.70. The number of aliphatic hydroxyl groups is 1. The van der Waals surface area contributed by atoms with E-state index in [4.69, 9.17) is 4.98 Å². The van der Waals surface area contributed by atoms with E-state index in [1.165, 1.54) is 38.9 Å². The Hall–Kier alpha value is -3.11. The van der Waals surface area contributed by atoms with Gasteiger partial charge in [-0.05, 0) is 55.0 Å². The van der Waals surface area contributed by atoms with E-state index in [2.05, 4.69) is 84.0 Å². The normalized spacial score (nSPS) is 14.6. The lowest BCUT2D eigenvalue weighted by molar-refractivity contribution is 0.169. The number of benzene rings is 2. The molecule has 1 N–H and O–H groups in total. The van der Waals surface area contributed by atoms with Gasteiger partial charge in [-0.25, -0.2) is 4.98 Å². The summed E-state index contributed by atoms with van der Waals surface area (Å²) in [7, 11) is 0. The Bertz CT molecular complexity index is 1260. The van der Waals surface area contributed by atoms with Gasteiger partial charge < -0.3 is 14.6 Å². The van der Waals surface area contributed by atoms with Crippen molar-refractivity contribution in [3.05, 3.63) is 94.3 Å². The lowest BCUT2D eigenvalue weighted by atomic mass is 9.99. The standard InChI is InChI=1S/C28H31N3O/c1-4-26(32)25-16-24-19(2)20(3)31(17-21-10-6-5-7-11-21)27(24)28(29-25)30-15-14-22-12-8-9-13-23(22)18-30/h5-13,16,26,32H,4,14-15,17-18H2,1-3H3. The van der Waals surface area contributed by atoms with Crippen molar-refractivity contribution >= 4 is 16.7 Å². The van der Waals surface area contributed by atoms with Gasteiger partial charge in [0.25, 0.3) is 0 Å². The molecule has 0 bridgehead atoms. The Morgan fingerprint density at radius 3 is 2.47 bits per heavy atom. The molecule has 0 saturated carbocycles. The molecular weight excluding hydrogens is 394 g/mol. The topological polar surface area (TPSA) is 41.3 Å². The van der Waals surface area contributed by atoms with Gasteiger partial charge in [-0.2, -0.15) is 0 Å². The number of nitrogens with zero attached hydrogens (tertiary/aromatic N) is 3. The molecular formula is C28H31N3O. The first-order valence-electron chi connectivity index (χ1n) is 11.6. The largest absolute Gasteiger partial charge is 0.387 e. The van der Waals surface area contributed by atoms with E-state index in [0.29, 0.717) is 6.42 Å². The van der Waals surface area contributed by atoms with Crippen LogP contribution in [0.5, 0.6) is 0 Å². The average molecular weight is 426 g/mol. The molecule has 0 amide bonds. The van der Waals surface area contributed by atoms with Crippen molar-refractivity contribution in [1.82, 2.24) is 9.55 Å². The number of anilines is 1. The summed E-state index contributed by atoms with van der Waals surface area (Å²) in [5, 5.41) is 11.9. The number of hydrogen-bond acceptors (Lipinski definition) is 3. The number of fused-ring (bicyclic) bond motifs is 2. The molecule has 1 aliphatic heterocycles. The van der Waals surface area contributed by atoms with Gasteiger partial charge >= 0.3 is 0 Å². The fourth-order valence-corrected chi connectivity index (χ4v) is 4.90. The van der Waals surface area contributed by atoms with E-state index in [-0.39, 0.29) is 0 Å². The van der Waals surface area contributed by atoms with Crippen LogP contribution in [0.25, 0.3) is 10.9 Å². The van der Waals surface area contributed by atoms with Crippen molar-refractivity contribution < 1.29 is 5.11 Å². The zero-order valence-corrected chi connectivity index (χ0v) is 19.2. The van der Waals surface area contributed by atoms with E-state index < -0.39 is 6.10 Å². The Morgan fingerprint density at radius 2 is 1.72 bits per heavy atom. The van der Waals surface area contributed by atoms with Crippen LogP contribution in [0.3, 0.4) is 0 Å². The van der Waals surface area contributed by atoms with Crippen molar-refractivity contribution in [3.63, 3.8) is 0 Å². The predicted octanol–water partition coefficient (Wildman–Crippen LogP) is 5.71. The third kappa shape index (κ3) is 3.59. The molecule has 32 heavy (non-hydrogen) atoms. The quantitative estimate of drug-likeness (QED) is 0.445. The van der Waals surface area contributed by atoms with Gasteiger partial charge in [-0.3, -0.25) is 0 Å². The van der Waals surface area contributed by atoms with Crippen LogP contribution in [-0.2, 0) is 19.5 Å². The third-order valence-corrected chi connectivity index (χ3v) is 6.96. The fraction of sp³-hybridized carbons (Fsp3) is 0.321. The molecule has 2 aromatic heterocycles.